The van der Waals surface area contributed by atoms with Crippen molar-refractivity contribution in [2.75, 3.05) is 14.2 Å². The number of nitrogens with one attached hydrogen (secondary N) is 1. The zero-order chi connectivity index (χ0) is 18.0. The van der Waals surface area contributed by atoms with Crippen molar-refractivity contribution in [2.24, 2.45) is 10.2 Å². The Balaban J connectivity index is 1.93. The Kier molecular flexibility index (Phi) is 4.34. The summed E-state index contributed by atoms with van der Waals surface area (Å²) in [4.78, 5) is 14.8. The van der Waals surface area contributed by atoms with E-state index in [0.29, 0.717) is 22.4 Å². The highest BCUT2D eigenvalue weighted by Crippen LogP contribution is 2.36. The number of fused-ring (bicyclic) bond motifs is 1. The number of benzene rings is 2. The fourth-order valence-electron chi connectivity index (χ4n) is 2.36. The molecule has 0 radical (unpaired) electrons. The number of hydrogen-bond acceptors (Lipinski definition) is 5. The molecule has 8 heteroatoms. The molecule has 3 aromatic rings. The summed E-state index contributed by atoms with van der Waals surface area (Å²) in [6.07, 6.45) is 0. The molecule has 0 bridgehead atoms. The number of ether oxygens (including phenoxy) is 2. The molecule has 7 nitrogen and oxygen atoms in total. The van der Waals surface area contributed by atoms with Gasteiger partial charge in [-0.25, -0.2) is 4.39 Å². The van der Waals surface area contributed by atoms with Crippen molar-refractivity contribution in [3.05, 3.63) is 47.8 Å². The Hall–Kier alpha value is -3.42. The van der Waals surface area contributed by atoms with Crippen LogP contribution in [0.5, 0.6) is 17.4 Å². The summed E-state index contributed by atoms with van der Waals surface area (Å²) in [6.45, 7) is 0. The number of nitrogens with zero attached hydrogens (tertiary/aromatic N) is 2. The quantitative estimate of drug-likeness (QED) is 0.701. The van der Waals surface area contributed by atoms with Gasteiger partial charge >= 0.3 is 0 Å². The topological polar surface area (TPSA) is 96.3 Å². The normalized spacial score (nSPS) is 11.2. The summed E-state index contributed by atoms with van der Waals surface area (Å²) in [6, 6.07) is 8.45. The first-order valence-corrected chi connectivity index (χ1v) is 7.21. The predicted octanol–water partition coefficient (Wildman–Crippen LogP) is 3.95. The number of aromatic amines is 1. The molecule has 0 fully saturated rings. The Morgan fingerprint density at radius 1 is 1.12 bits per heavy atom. The molecule has 2 aromatic carbocycles. The van der Waals surface area contributed by atoms with Crippen LogP contribution < -0.4 is 9.47 Å². The van der Waals surface area contributed by atoms with Crippen LogP contribution in [0.15, 0.2) is 46.6 Å². The molecule has 1 amide bonds. The molecule has 0 atom stereocenters. The second-order valence-electron chi connectivity index (χ2n) is 5.09. The van der Waals surface area contributed by atoms with Crippen molar-refractivity contribution < 1.29 is 23.8 Å². The zero-order valence-electron chi connectivity index (χ0n) is 13.4. The number of hydrogen-bond donors (Lipinski definition) is 2. The molecule has 3 rings (SSSR count). The van der Waals surface area contributed by atoms with Crippen LogP contribution in [0.2, 0.25) is 0 Å². The van der Waals surface area contributed by atoms with Gasteiger partial charge in [-0.3, -0.25) is 4.79 Å². The summed E-state index contributed by atoms with van der Waals surface area (Å²) in [5, 5.41) is 17.6. The maximum atomic E-state index is 13.4. The number of aromatic hydroxyl groups is 1. The van der Waals surface area contributed by atoms with E-state index in [-0.39, 0.29) is 17.1 Å². The van der Waals surface area contributed by atoms with Crippen molar-refractivity contribution in [1.29, 1.82) is 0 Å². The van der Waals surface area contributed by atoms with Crippen LogP contribution in [0.4, 0.5) is 10.1 Å². The third-order valence-electron chi connectivity index (χ3n) is 3.59. The van der Waals surface area contributed by atoms with Crippen molar-refractivity contribution >= 4 is 22.5 Å². The number of halogens is 1. The number of carbonyl (C=O) groups excluding carboxylic acids is 1. The zero-order valence-corrected chi connectivity index (χ0v) is 13.4. The second-order valence-corrected chi connectivity index (χ2v) is 5.09. The van der Waals surface area contributed by atoms with Gasteiger partial charge in [0.15, 0.2) is 17.2 Å². The summed E-state index contributed by atoms with van der Waals surface area (Å²) < 4.78 is 23.6. The van der Waals surface area contributed by atoms with Gasteiger partial charge in [0.05, 0.1) is 19.7 Å². The van der Waals surface area contributed by atoms with E-state index in [1.165, 1.54) is 44.6 Å². The molecule has 25 heavy (non-hydrogen) atoms. The van der Waals surface area contributed by atoms with Crippen LogP contribution in [0.1, 0.15) is 10.4 Å². The highest BCUT2D eigenvalue weighted by Gasteiger charge is 2.13. The highest BCUT2D eigenvalue weighted by molar-refractivity contribution is 5.97. The van der Waals surface area contributed by atoms with E-state index in [2.05, 4.69) is 15.2 Å². The van der Waals surface area contributed by atoms with Gasteiger partial charge in [-0.2, -0.15) is 0 Å². The maximum Gasteiger partial charge on any atom is 0.295 e. The number of amides is 1. The molecule has 0 unspecified atom stereocenters. The Labute approximate surface area is 141 Å². The van der Waals surface area contributed by atoms with Crippen LogP contribution in [-0.2, 0) is 0 Å². The number of azo groups is 1. The van der Waals surface area contributed by atoms with Crippen molar-refractivity contribution in [2.45, 2.75) is 0 Å². The fraction of sp³-hybridized carbons (Fsp3) is 0.118. The summed E-state index contributed by atoms with van der Waals surface area (Å²) in [7, 11) is 2.93. The lowest BCUT2D eigenvalue weighted by atomic mass is 10.2. The molecular formula is C17H14FN3O4. The van der Waals surface area contributed by atoms with E-state index in [0.717, 1.165) is 0 Å². The lowest BCUT2D eigenvalue weighted by Gasteiger charge is -2.07. The van der Waals surface area contributed by atoms with Crippen molar-refractivity contribution in [3.8, 4) is 17.4 Å². The molecule has 1 heterocycles. The first kappa shape index (κ1) is 16.4. The van der Waals surface area contributed by atoms with Gasteiger partial charge in [0.2, 0.25) is 5.88 Å². The minimum absolute atomic E-state index is 0.0108. The van der Waals surface area contributed by atoms with Crippen LogP contribution in [0, 0.1) is 5.82 Å². The maximum absolute atomic E-state index is 13.4. The average molecular weight is 343 g/mol. The molecule has 1 aromatic heterocycles. The molecule has 0 aliphatic rings. The van der Waals surface area contributed by atoms with Gasteiger partial charge in [0.25, 0.3) is 5.91 Å². The van der Waals surface area contributed by atoms with E-state index in [9.17, 15) is 14.3 Å². The van der Waals surface area contributed by atoms with Gasteiger partial charge in [-0.05, 0) is 36.4 Å². The first-order valence-electron chi connectivity index (χ1n) is 7.21. The molecule has 2 N–H and O–H groups in total. The van der Waals surface area contributed by atoms with E-state index in [4.69, 9.17) is 9.47 Å². The van der Waals surface area contributed by atoms with Gasteiger partial charge in [0.1, 0.15) is 5.82 Å². The lowest BCUT2D eigenvalue weighted by molar-refractivity contribution is 0.0994. The summed E-state index contributed by atoms with van der Waals surface area (Å²) >= 11 is 0. The molecule has 0 saturated heterocycles. The standard InChI is InChI=1S/C17H14FN3O4/c1-24-13-6-3-9(7-14(13)25-2)16(22)21-20-15-11-8-10(18)4-5-12(11)19-17(15)23/h3-8,19,23H,1-2H3. The molecule has 0 spiro atoms. The van der Waals surface area contributed by atoms with E-state index >= 15 is 0 Å². The van der Waals surface area contributed by atoms with Gasteiger partial charge in [-0.15, -0.1) is 10.2 Å². The molecule has 0 saturated carbocycles. The third kappa shape index (κ3) is 3.14. The monoisotopic (exact) mass is 343 g/mol. The largest absolute Gasteiger partial charge is 0.493 e. The fourth-order valence-corrected chi connectivity index (χ4v) is 2.36. The summed E-state index contributed by atoms with van der Waals surface area (Å²) in [5.74, 6) is -0.592. The van der Waals surface area contributed by atoms with E-state index < -0.39 is 11.7 Å². The molecule has 0 aliphatic carbocycles. The molecular weight excluding hydrogens is 329 g/mol. The third-order valence-corrected chi connectivity index (χ3v) is 3.59. The minimum atomic E-state index is -0.647. The lowest BCUT2D eigenvalue weighted by Crippen LogP contribution is -1.97. The van der Waals surface area contributed by atoms with Crippen LogP contribution in [0.3, 0.4) is 0 Å². The molecule has 128 valence electrons. The SMILES string of the molecule is COc1ccc(C(=O)N=Nc2c(O)[nH]c3ccc(F)cc23)cc1OC. The number of rotatable bonds is 4. The van der Waals surface area contributed by atoms with Crippen molar-refractivity contribution in [1.82, 2.24) is 4.98 Å². The Bertz CT molecular complexity index is 981. The van der Waals surface area contributed by atoms with Gasteiger partial charge < -0.3 is 19.6 Å². The number of aromatic nitrogens is 1. The van der Waals surface area contributed by atoms with Crippen LogP contribution in [-0.4, -0.2) is 30.2 Å². The second kappa shape index (κ2) is 6.60. The number of methoxy groups -OCH3 is 2. The van der Waals surface area contributed by atoms with Crippen molar-refractivity contribution in [3.63, 3.8) is 0 Å². The minimum Gasteiger partial charge on any atom is -0.493 e. The van der Waals surface area contributed by atoms with Gasteiger partial charge in [0, 0.05) is 10.9 Å². The number of H-pyrrole nitrogens is 1. The van der Waals surface area contributed by atoms with Crippen LogP contribution in [0.25, 0.3) is 10.9 Å². The summed E-state index contributed by atoms with van der Waals surface area (Å²) in [5.41, 5.74) is 0.696. The smallest absolute Gasteiger partial charge is 0.295 e. The van der Waals surface area contributed by atoms with Crippen LogP contribution >= 0.6 is 0 Å². The number of carbonyl (C=O) groups is 1. The predicted molar refractivity (Wildman–Crippen MR) is 88.3 cm³/mol. The average Bonchev–Trinajstić information content (AvgIpc) is 2.93. The first-order chi connectivity index (χ1) is 12.0. The van der Waals surface area contributed by atoms with E-state index in [1.807, 2.05) is 0 Å². The Morgan fingerprint density at radius 3 is 2.60 bits per heavy atom. The highest BCUT2D eigenvalue weighted by atomic mass is 19.1. The Morgan fingerprint density at radius 2 is 1.88 bits per heavy atom. The molecule has 0 aliphatic heterocycles. The van der Waals surface area contributed by atoms with Gasteiger partial charge in [-0.1, -0.05) is 0 Å². The van der Waals surface area contributed by atoms with E-state index in [1.54, 1.807) is 6.07 Å².